The van der Waals surface area contributed by atoms with E-state index in [0.29, 0.717) is 0 Å². The molecule has 0 fully saturated rings. The molecule has 0 heterocycles. The van der Waals surface area contributed by atoms with Crippen LogP contribution in [0.4, 0.5) is 4.39 Å². The number of rotatable bonds is 3. The van der Waals surface area contributed by atoms with E-state index in [1.165, 1.54) is 30.3 Å². The third kappa shape index (κ3) is 3.40. The summed E-state index contributed by atoms with van der Waals surface area (Å²) < 4.78 is 13.7. The van der Waals surface area contributed by atoms with E-state index in [9.17, 15) is 9.18 Å². The summed E-state index contributed by atoms with van der Waals surface area (Å²) >= 11 is 3.31. The monoisotopic (exact) mass is 329 g/mol. The summed E-state index contributed by atoms with van der Waals surface area (Å²) in [5.74, 6) is -0.840. The lowest BCUT2D eigenvalue weighted by molar-refractivity contribution is 0.104. The molecule has 0 aliphatic carbocycles. The van der Waals surface area contributed by atoms with Gasteiger partial charge in [-0.15, -0.1) is 0 Å². The largest absolute Gasteiger partial charge is 0.288 e. The van der Waals surface area contributed by atoms with Crippen LogP contribution in [-0.4, -0.2) is 5.78 Å². The molecule has 2 rings (SSSR count). The van der Waals surface area contributed by atoms with E-state index in [-0.39, 0.29) is 11.1 Å². The fourth-order valence-corrected chi connectivity index (χ4v) is 1.90. The predicted molar refractivity (Wildman–Crippen MR) is 78.5 cm³/mol. The van der Waals surface area contributed by atoms with Crippen LogP contribution in [0.5, 0.6) is 0 Å². The number of nitriles is 1. The van der Waals surface area contributed by atoms with E-state index < -0.39 is 11.6 Å². The topological polar surface area (TPSA) is 40.9 Å². The second-order valence-corrected chi connectivity index (χ2v) is 4.97. The number of nitrogens with zero attached hydrogens (tertiary/aromatic N) is 1. The van der Waals surface area contributed by atoms with Gasteiger partial charge in [0.15, 0.2) is 0 Å². The zero-order valence-corrected chi connectivity index (χ0v) is 11.9. The van der Waals surface area contributed by atoms with Crippen molar-refractivity contribution in [2.75, 3.05) is 0 Å². The zero-order chi connectivity index (χ0) is 14.5. The van der Waals surface area contributed by atoms with Crippen LogP contribution in [0.15, 0.2) is 58.6 Å². The molecule has 0 aromatic heterocycles. The van der Waals surface area contributed by atoms with Gasteiger partial charge in [-0.3, -0.25) is 4.79 Å². The van der Waals surface area contributed by atoms with Crippen molar-refractivity contribution < 1.29 is 9.18 Å². The molecule has 0 spiro atoms. The van der Waals surface area contributed by atoms with Crippen LogP contribution < -0.4 is 0 Å². The molecule has 0 aliphatic rings. The van der Waals surface area contributed by atoms with Crippen LogP contribution in [0.3, 0.4) is 0 Å². The Morgan fingerprint density at radius 3 is 2.25 bits per heavy atom. The Labute approximate surface area is 124 Å². The molecule has 0 saturated carbocycles. The molecule has 0 unspecified atom stereocenters. The lowest BCUT2D eigenvalue weighted by Gasteiger charge is -2.00. The minimum absolute atomic E-state index is 0.0129. The maximum atomic E-state index is 12.8. The summed E-state index contributed by atoms with van der Waals surface area (Å²) in [6.45, 7) is 0. The molecule has 2 nitrogen and oxygen atoms in total. The number of halogens is 2. The second kappa shape index (κ2) is 6.27. The predicted octanol–water partition coefficient (Wildman–Crippen LogP) is 4.38. The number of benzene rings is 2. The van der Waals surface area contributed by atoms with Gasteiger partial charge in [0.25, 0.3) is 0 Å². The van der Waals surface area contributed by atoms with Gasteiger partial charge in [0.05, 0.1) is 0 Å². The fraction of sp³-hybridized carbons (Fsp3) is 0. The number of hydrogen-bond donors (Lipinski definition) is 0. The molecule has 0 N–H and O–H groups in total. The Balaban J connectivity index is 2.32. The van der Waals surface area contributed by atoms with Crippen molar-refractivity contribution in [2.45, 2.75) is 0 Å². The molecule has 98 valence electrons. The first-order valence-electron chi connectivity index (χ1n) is 5.78. The van der Waals surface area contributed by atoms with Gasteiger partial charge < -0.3 is 0 Å². The maximum Gasteiger partial charge on any atom is 0.203 e. The van der Waals surface area contributed by atoms with Crippen molar-refractivity contribution in [3.05, 3.63) is 75.5 Å². The highest BCUT2D eigenvalue weighted by atomic mass is 79.9. The van der Waals surface area contributed by atoms with E-state index in [4.69, 9.17) is 5.26 Å². The summed E-state index contributed by atoms with van der Waals surface area (Å²) in [5, 5.41) is 9.11. The Kier molecular flexibility index (Phi) is 4.44. The SMILES string of the molecule is N#C/C(=C\c1ccc(Br)cc1)C(=O)c1ccc(F)cc1. The van der Waals surface area contributed by atoms with Crippen molar-refractivity contribution in [1.29, 1.82) is 5.26 Å². The number of carbonyl (C=O) groups is 1. The third-order valence-corrected chi connectivity index (χ3v) is 3.18. The van der Waals surface area contributed by atoms with Crippen LogP contribution >= 0.6 is 15.9 Å². The fourth-order valence-electron chi connectivity index (χ4n) is 1.63. The minimum atomic E-state index is -0.421. The van der Waals surface area contributed by atoms with Gasteiger partial charge in [0.2, 0.25) is 5.78 Å². The first-order chi connectivity index (χ1) is 9.60. The zero-order valence-electron chi connectivity index (χ0n) is 10.3. The smallest absolute Gasteiger partial charge is 0.203 e. The molecule has 0 atom stereocenters. The van der Waals surface area contributed by atoms with Crippen molar-refractivity contribution in [1.82, 2.24) is 0 Å². The molecule has 0 bridgehead atoms. The average Bonchev–Trinajstić information content (AvgIpc) is 2.47. The molecule has 2 aromatic carbocycles. The first-order valence-corrected chi connectivity index (χ1v) is 6.57. The molecular weight excluding hydrogens is 321 g/mol. The van der Waals surface area contributed by atoms with Gasteiger partial charge in [-0.1, -0.05) is 28.1 Å². The Hall–Kier alpha value is -2.25. The molecule has 2 aromatic rings. The van der Waals surface area contributed by atoms with Gasteiger partial charge in [-0.05, 0) is 48.0 Å². The second-order valence-electron chi connectivity index (χ2n) is 4.06. The molecule has 20 heavy (non-hydrogen) atoms. The quantitative estimate of drug-likeness (QED) is 0.476. The highest BCUT2D eigenvalue weighted by Crippen LogP contribution is 2.16. The number of carbonyl (C=O) groups excluding carboxylic acids is 1. The van der Waals surface area contributed by atoms with E-state index in [2.05, 4.69) is 15.9 Å². The number of hydrogen-bond acceptors (Lipinski definition) is 2. The lowest BCUT2D eigenvalue weighted by atomic mass is 10.0. The Bertz CT molecular complexity index is 697. The van der Waals surface area contributed by atoms with E-state index in [1.807, 2.05) is 18.2 Å². The molecule has 0 aliphatic heterocycles. The van der Waals surface area contributed by atoms with E-state index in [1.54, 1.807) is 12.1 Å². The van der Waals surface area contributed by atoms with Gasteiger partial charge in [0, 0.05) is 10.0 Å². The number of allylic oxidation sites excluding steroid dienone is 1. The highest BCUT2D eigenvalue weighted by Gasteiger charge is 2.12. The molecule has 0 amide bonds. The molecule has 0 saturated heterocycles. The van der Waals surface area contributed by atoms with Gasteiger partial charge in [-0.2, -0.15) is 5.26 Å². The summed E-state index contributed by atoms with van der Waals surface area (Å²) in [6, 6.07) is 14.2. The van der Waals surface area contributed by atoms with Crippen molar-refractivity contribution in [3.63, 3.8) is 0 Å². The summed E-state index contributed by atoms with van der Waals surface area (Å²) in [4.78, 5) is 12.1. The molecule has 4 heteroatoms. The maximum absolute atomic E-state index is 12.8. The average molecular weight is 330 g/mol. The minimum Gasteiger partial charge on any atom is -0.288 e. The van der Waals surface area contributed by atoms with Gasteiger partial charge in [-0.25, -0.2) is 4.39 Å². The van der Waals surface area contributed by atoms with Crippen LogP contribution in [0.2, 0.25) is 0 Å². The summed E-state index contributed by atoms with van der Waals surface area (Å²) in [7, 11) is 0. The van der Waals surface area contributed by atoms with Crippen molar-refractivity contribution in [3.8, 4) is 6.07 Å². The highest BCUT2D eigenvalue weighted by molar-refractivity contribution is 9.10. The standard InChI is InChI=1S/C16H9BrFNO/c17-14-5-1-11(2-6-14)9-13(10-19)16(20)12-3-7-15(18)8-4-12/h1-9H/b13-9+. The van der Waals surface area contributed by atoms with Crippen LogP contribution in [-0.2, 0) is 0 Å². The lowest BCUT2D eigenvalue weighted by Crippen LogP contribution is -2.01. The number of ketones is 1. The summed E-state index contributed by atoms with van der Waals surface area (Å²) in [6.07, 6.45) is 1.51. The van der Waals surface area contributed by atoms with E-state index >= 15 is 0 Å². The first kappa shape index (κ1) is 14.2. The molecular formula is C16H9BrFNO. The van der Waals surface area contributed by atoms with Crippen molar-refractivity contribution in [2.24, 2.45) is 0 Å². The summed E-state index contributed by atoms with van der Waals surface area (Å²) in [5.41, 5.74) is 1.05. The van der Waals surface area contributed by atoms with E-state index in [0.717, 1.165) is 10.0 Å². The van der Waals surface area contributed by atoms with Crippen LogP contribution in [0.25, 0.3) is 6.08 Å². The van der Waals surface area contributed by atoms with Gasteiger partial charge >= 0.3 is 0 Å². The van der Waals surface area contributed by atoms with Crippen molar-refractivity contribution >= 4 is 27.8 Å². The molecule has 0 radical (unpaired) electrons. The Morgan fingerprint density at radius 2 is 1.70 bits per heavy atom. The normalized spacial score (nSPS) is 10.9. The number of Topliss-reactive ketones (excluding diaryl/α,β-unsaturated/α-hetero) is 1. The van der Waals surface area contributed by atoms with Crippen LogP contribution in [0, 0.1) is 17.1 Å². The third-order valence-electron chi connectivity index (χ3n) is 2.65. The Morgan fingerprint density at radius 1 is 1.10 bits per heavy atom. The van der Waals surface area contributed by atoms with Crippen LogP contribution in [0.1, 0.15) is 15.9 Å². The van der Waals surface area contributed by atoms with Gasteiger partial charge in [0.1, 0.15) is 17.5 Å².